The van der Waals surface area contributed by atoms with Gasteiger partial charge in [0.15, 0.2) is 0 Å². The van der Waals surface area contributed by atoms with Crippen LogP contribution in [0.5, 0.6) is 0 Å². The zero-order chi connectivity index (χ0) is 13.8. The fraction of sp³-hybridized carbons (Fsp3) is 0.286. The summed E-state index contributed by atoms with van der Waals surface area (Å²) in [6.07, 6.45) is 8.72. The van der Waals surface area contributed by atoms with E-state index in [0.29, 0.717) is 5.47 Å². The van der Waals surface area contributed by atoms with Crippen LogP contribution in [0.2, 0.25) is 0 Å². The maximum Gasteiger partial charge on any atom is 0.488 e. The smallest absolute Gasteiger partial charge is 0.423 e. The van der Waals surface area contributed by atoms with Gasteiger partial charge in [0.1, 0.15) is 0 Å². The molecule has 0 aromatic carbocycles. The van der Waals surface area contributed by atoms with Gasteiger partial charge in [-0.2, -0.15) is 0 Å². The summed E-state index contributed by atoms with van der Waals surface area (Å²) in [5, 5.41) is 17.9. The van der Waals surface area contributed by atoms with Crippen LogP contribution in [-0.2, 0) is 0 Å². The minimum atomic E-state index is -1.51. The standard InChI is InChI=1S/C12H17BO2.C2H6/c1-5-7-8-10(3)11(4)9-12(6-2)13(14)15;1-2/h5-9,14-15H,2,4H2,1,3H3;1-2H3/b7-5-,10-8+,12-9+;. The minimum Gasteiger partial charge on any atom is -0.423 e. The SMILES string of the molecule is C=C/C(=C\C(=C)/C(C)=C/C=C\C)B(O)O.CC. The van der Waals surface area contributed by atoms with Crippen LogP contribution in [0.15, 0.2) is 60.2 Å². The average molecular weight is 234 g/mol. The molecule has 0 saturated carbocycles. The third-order valence-corrected chi connectivity index (χ3v) is 1.92. The quantitative estimate of drug-likeness (QED) is 0.566. The van der Waals surface area contributed by atoms with E-state index in [1.807, 2.05) is 45.9 Å². The maximum atomic E-state index is 8.96. The van der Waals surface area contributed by atoms with E-state index in [9.17, 15) is 0 Å². The predicted octanol–water partition coefficient (Wildman–Crippen LogP) is 3.22. The van der Waals surface area contributed by atoms with Gasteiger partial charge in [0.25, 0.3) is 0 Å². The van der Waals surface area contributed by atoms with Gasteiger partial charge in [-0.3, -0.25) is 0 Å². The largest absolute Gasteiger partial charge is 0.488 e. The minimum absolute atomic E-state index is 0.341. The molecule has 0 aliphatic rings. The number of hydrogen-bond acceptors (Lipinski definition) is 2. The highest BCUT2D eigenvalue weighted by Crippen LogP contribution is 2.12. The molecule has 0 amide bonds. The van der Waals surface area contributed by atoms with Gasteiger partial charge >= 0.3 is 7.12 Å². The van der Waals surface area contributed by atoms with Gasteiger partial charge in [-0.15, -0.1) is 0 Å². The number of rotatable bonds is 5. The molecule has 0 saturated heterocycles. The highest BCUT2D eigenvalue weighted by molar-refractivity contribution is 6.51. The molecular formula is C14H23BO2. The first-order valence-corrected chi connectivity index (χ1v) is 5.72. The van der Waals surface area contributed by atoms with Crippen LogP contribution in [0.1, 0.15) is 27.7 Å². The lowest BCUT2D eigenvalue weighted by molar-refractivity contribution is 0.420. The molecule has 2 nitrogen and oxygen atoms in total. The molecule has 94 valence electrons. The second-order valence-electron chi connectivity index (χ2n) is 3.12. The summed E-state index contributed by atoms with van der Waals surface area (Å²) in [7, 11) is -1.51. The lowest BCUT2D eigenvalue weighted by atomic mass is 9.78. The molecule has 0 radical (unpaired) electrons. The van der Waals surface area contributed by atoms with Gasteiger partial charge in [-0.25, -0.2) is 0 Å². The molecule has 0 atom stereocenters. The van der Waals surface area contributed by atoms with Crippen molar-refractivity contribution in [1.29, 1.82) is 0 Å². The van der Waals surface area contributed by atoms with Crippen LogP contribution in [0.4, 0.5) is 0 Å². The van der Waals surface area contributed by atoms with Crippen LogP contribution in [0.25, 0.3) is 0 Å². The molecule has 0 fully saturated rings. The Bertz CT molecular complexity index is 323. The molecule has 0 aliphatic carbocycles. The van der Waals surface area contributed by atoms with Crippen molar-refractivity contribution in [2.75, 3.05) is 0 Å². The van der Waals surface area contributed by atoms with Crippen molar-refractivity contribution in [3.05, 3.63) is 60.2 Å². The second-order valence-corrected chi connectivity index (χ2v) is 3.12. The molecule has 17 heavy (non-hydrogen) atoms. The number of allylic oxidation sites excluding steroid dienone is 8. The molecule has 0 spiro atoms. The van der Waals surface area contributed by atoms with Crippen molar-refractivity contribution >= 4 is 7.12 Å². The van der Waals surface area contributed by atoms with Crippen molar-refractivity contribution in [2.45, 2.75) is 27.7 Å². The molecule has 3 heteroatoms. The molecule has 0 heterocycles. The van der Waals surface area contributed by atoms with E-state index in [1.165, 1.54) is 6.08 Å². The Hall–Kier alpha value is -1.32. The van der Waals surface area contributed by atoms with Gasteiger partial charge in [0.2, 0.25) is 0 Å². The summed E-state index contributed by atoms with van der Waals surface area (Å²) in [6, 6.07) is 0. The third kappa shape index (κ3) is 8.49. The maximum absolute atomic E-state index is 8.96. The van der Waals surface area contributed by atoms with Gasteiger partial charge < -0.3 is 10.0 Å². The summed E-state index contributed by atoms with van der Waals surface area (Å²) >= 11 is 0. The second kappa shape index (κ2) is 11.2. The molecule has 0 rings (SSSR count). The summed E-state index contributed by atoms with van der Waals surface area (Å²) < 4.78 is 0. The van der Waals surface area contributed by atoms with E-state index in [1.54, 1.807) is 6.08 Å². The van der Waals surface area contributed by atoms with Crippen molar-refractivity contribution in [3.63, 3.8) is 0 Å². The van der Waals surface area contributed by atoms with Gasteiger partial charge in [-0.1, -0.05) is 57.4 Å². The van der Waals surface area contributed by atoms with Crippen molar-refractivity contribution in [3.8, 4) is 0 Å². The Morgan fingerprint density at radius 3 is 2.12 bits per heavy atom. The van der Waals surface area contributed by atoms with Gasteiger partial charge in [0, 0.05) is 0 Å². The molecule has 0 aliphatic heterocycles. The Morgan fingerprint density at radius 1 is 1.24 bits per heavy atom. The van der Waals surface area contributed by atoms with Crippen LogP contribution in [-0.4, -0.2) is 17.2 Å². The van der Waals surface area contributed by atoms with Crippen molar-refractivity contribution < 1.29 is 10.0 Å². The summed E-state index contributed by atoms with van der Waals surface area (Å²) in [6.45, 7) is 15.2. The van der Waals surface area contributed by atoms with E-state index in [-0.39, 0.29) is 0 Å². The molecular weight excluding hydrogens is 211 g/mol. The Kier molecular flexibility index (Phi) is 11.9. The molecule has 2 N–H and O–H groups in total. The van der Waals surface area contributed by atoms with Gasteiger partial charge in [0.05, 0.1) is 0 Å². The summed E-state index contributed by atoms with van der Waals surface area (Å²) in [5.74, 6) is 0. The lowest BCUT2D eigenvalue weighted by Gasteiger charge is -2.03. The topological polar surface area (TPSA) is 40.5 Å². The van der Waals surface area contributed by atoms with Gasteiger partial charge in [-0.05, 0) is 30.5 Å². The van der Waals surface area contributed by atoms with Crippen LogP contribution >= 0.6 is 0 Å². The molecule has 0 aromatic heterocycles. The Balaban J connectivity index is 0. The fourth-order valence-electron chi connectivity index (χ4n) is 0.901. The Labute approximate surface area is 106 Å². The molecule has 0 unspecified atom stereocenters. The first-order chi connectivity index (χ1) is 8.02. The lowest BCUT2D eigenvalue weighted by Crippen LogP contribution is -2.13. The summed E-state index contributed by atoms with van der Waals surface area (Å²) in [5.41, 5.74) is 2.04. The highest BCUT2D eigenvalue weighted by Gasteiger charge is 2.11. The van der Waals surface area contributed by atoms with E-state index < -0.39 is 7.12 Å². The zero-order valence-corrected chi connectivity index (χ0v) is 11.3. The number of hydrogen-bond donors (Lipinski definition) is 2. The Morgan fingerprint density at radius 2 is 1.76 bits per heavy atom. The third-order valence-electron chi connectivity index (χ3n) is 1.92. The fourth-order valence-corrected chi connectivity index (χ4v) is 0.901. The van der Waals surface area contributed by atoms with Crippen LogP contribution in [0.3, 0.4) is 0 Å². The monoisotopic (exact) mass is 234 g/mol. The zero-order valence-electron chi connectivity index (χ0n) is 11.3. The van der Waals surface area contributed by atoms with Crippen molar-refractivity contribution in [1.82, 2.24) is 0 Å². The average Bonchev–Trinajstić information content (AvgIpc) is 2.34. The van der Waals surface area contributed by atoms with E-state index in [2.05, 4.69) is 13.2 Å². The molecule has 0 bridgehead atoms. The predicted molar refractivity (Wildman–Crippen MR) is 77.5 cm³/mol. The highest BCUT2D eigenvalue weighted by atomic mass is 16.4. The molecule has 0 aromatic rings. The van der Waals surface area contributed by atoms with Crippen LogP contribution in [0, 0.1) is 0 Å². The van der Waals surface area contributed by atoms with E-state index in [4.69, 9.17) is 10.0 Å². The van der Waals surface area contributed by atoms with E-state index >= 15 is 0 Å². The first-order valence-electron chi connectivity index (χ1n) is 5.72. The summed E-state index contributed by atoms with van der Waals surface area (Å²) in [4.78, 5) is 0. The van der Waals surface area contributed by atoms with Crippen molar-refractivity contribution in [2.24, 2.45) is 0 Å². The van der Waals surface area contributed by atoms with Crippen LogP contribution < -0.4 is 0 Å². The normalized spacial score (nSPS) is 11.9. The first kappa shape index (κ1) is 18.1. The van der Waals surface area contributed by atoms with E-state index in [0.717, 1.165) is 11.1 Å².